The number of aliphatic hydroxyl groups is 1. The molecule has 8 rings (SSSR count). The third-order valence-corrected chi connectivity index (χ3v) is 13.6. The summed E-state index contributed by atoms with van der Waals surface area (Å²) in [5.74, 6) is -2.70. The van der Waals surface area contributed by atoms with Gasteiger partial charge in [0.05, 0.1) is 35.2 Å². The van der Waals surface area contributed by atoms with E-state index in [0.29, 0.717) is 87.3 Å². The number of pyridine rings is 2. The number of benzene rings is 2. The molecule has 3 amide bonds. The van der Waals surface area contributed by atoms with E-state index in [4.69, 9.17) is 22.3 Å². The van der Waals surface area contributed by atoms with Gasteiger partial charge in [-0.25, -0.2) is 14.2 Å². The second-order valence-corrected chi connectivity index (χ2v) is 19.5. The summed E-state index contributed by atoms with van der Waals surface area (Å²) < 4.78 is 23.7. The van der Waals surface area contributed by atoms with Crippen LogP contribution in [0.5, 0.6) is 0 Å². The Balaban J connectivity index is 0.00000780. The summed E-state index contributed by atoms with van der Waals surface area (Å²) in [6.07, 6.45) is 9.12. The molecule has 6 heterocycles. The van der Waals surface area contributed by atoms with Crippen LogP contribution in [-0.4, -0.2) is 101 Å². The van der Waals surface area contributed by atoms with Crippen molar-refractivity contribution in [2.75, 3.05) is 26.0 Å². The smallest absolute Gasteiger partial charge is 0.343 e. The minimum absolute atomic E-state index is 0. The van der Waals surface area contributed by atoms with Crippen LogP contribution in [0.25, 0.3) is 44.7 Å². The molecule has 2 aliphatic heterocycles. The van der Waals surface area contributed by atoms with Crippen molar-refractivity contribution in [2.24, 2.45) is 5.92 Å². The number of halogens is 1. The van der Waals surface area contributed by atoms with E-state index >= 15 is 4.39 Å². The molecule has 387 valence electrons. The van der Waals surface area contributed by atoms with Crippen LogP contribution in [0.1, 0.15) is 94.4 Å². The Kier molecular flexibility index (Phi) is 17.8. The molecule has 0 saturated heterocycles. The largest absolute Gasteiger partial charge is 0.740 e. The number of esters is 1. The van der Waals surface area contributed by atoms with Crippen LogP contribution in [0.2, 0.25) is 0 Å². The Morgan fingerprint density at radius 2 is 1.70 bits per heavy atom. The molecule has 2 aliphatic rings. The van der Waals surface area contributed by atoms with Crippen LogP contribution in [-0.2, 0) is 61.8 Å². The van der Waals surface area contributed by atoms with Crippen molar-refractivity contribution >= 4 is 52.9 Å². The number of nitrogens with zero attached hydrogens (tertiary/aromatic N) is 8. The maximum atomic E-state index is 15.2. The fraction of sp³-hybridized carbons (Fsp3) is 0.423. The van der Waals surface area contributed by atoms with Gasteiger partial charge in [0.25, 0.3) is 5.56 Å². The topological polar surface area (TPSA) is 228 Å². The van der Waals surface area contributed by atoms with E-state index in [2.05, 4.69) is 41.1 Å². The van der Waals surface area contributed by atoms with Crippen LogP contribution in [0.15, 0.2) is 71.0 Å². The molecule has 4 aromatic heterocycles. The summed E-state index contributed by atoms with van der Waals surface area (Å²) in [5.41, 5.74) is 3.39. The predicted octanol–water partition coefficient (Wildman–Crippen LogP) is 5.71. The molecule has 0 saturated carbocycles. The monoisotopic (exact) mass is 1160 g/mol. The van der Waals surface area contributed by atoms with Gasteiger partial charge in [-0.15, -0.1) is 5.10 Å². The first kappa shape index (κ1) is 55.0. The van der Waals surface area contributed by atoms with Crippen LogP contribution in [0.4, 0.5) is 10.1 Å². The first-order chi connectivity index (χ1) is 34.4. The van der Waals surface area contributed by atoms with Crippen LogP contribution >= 0.6 is 0 Å². The number of ether oxygens (including phenoxy) is 1. The van der Waals surface area contributed by atoms with Gasteiger partial charge in [0.15, 0.2) is 5.60 Å². The molecule has 4 N–H and O–H groups in total. The molecule has 6 aromatic rings. The fourth-order valence-corrected chi connectivity index (χ4v) is 9.41. The second kappa shape index (κ2) is 23.6. The zero-order valence-corrected chi connectivity index (χ0v) is 44.5. The van der Waals surface area contributed by atoms with E-state index in [1.165, 1.54) is 10.6 Å². The number of fused-ring (bicyclic) bond motifs is 5. The Morgan fingerprint density at radius 1 is 0.959 bits per heavy atom. The van der Waals surface area contributed by atoms with Gasteiger partial charge in [0.1, 0.15) is 30.2 Å². The number of hydrogen-bond acceptors (Lipinski definition) is 14. The SMILES string of the molecule is CC[C@@]1(O)C(=O)OCc2c1cc1n(c2=O)Cc2c-1nc1cc(F)c(C)cc1c2-c1ccc(NC(=O)[C@H](CCCCN(C)C)NC(=O)[C@@H](NC(=O)CCCCCn2cc(-c3cnc([S-])nc3)nn2)C(C)C)cc1.[Tb]. The first-order valence-corrected chi connectivity index (χ1v) is 24.7. The third-order valence-electron chi connectivity index (χ3n) is 13.4. The third kappa shape index (κ3) is 12.1. The molecule has 0 aliphatic carbocycles. The number of carbonyl (C=O) groups is 4. The summed E-state index contributed by atoms with van der Waals surface area (Å²) in [4.78, 5) is 83.1. The molecule has 0 fully saturated rings. The summed E-state index contributed by atoms with van der Waals surface area (Å²) in [6, 6.07) is 10.0. The molecule has 0 spiro atoms. The average Bonchev–Trinajstić information content (AvgIpc) is 3.98. The van der Waals surface area contributed by atoms with Crippen LogP contribution in [0.3, 0.4) is 0 Å². The summed E-state index contributed by atoms with van der Waals surface area (Å²) >= 11 is 4.96. The van der Waals surface area contributed by atoms with Crippen molar-refractivity contribution in [2.45, 2.75) is 122 Å². The molecule has 21 heteroatoms. The number of carbonyl (C=O) groups excluding carboxylic acids is 4. The summed E-state index contributed by atoms with van der Waals surface area (Å²) in [6.45, 7) is 8.22. The van der Waals surface area contributed by atoms with Crippen LogP contribution < -0.4 is 21.5 Å². The number of aromatic nitrogens is 7. The van der Waals surface area contributed by atoms with Gasteiger partial charge >= 0.3 is 5.97 Å². The average molecular weight is 1160 g/mol. The maximum Gasteiger partial charge on any atom is 0.343 e. The van der Waals surface area contributed by atoms with Crippen molar-refractivity contribution in [3.63, 3.8) is 0 Å². The van der Waals surface area contributed by atoms with E-state index < -0.39 is 46.8 Å². The van der Waals surface area contributed by atoms with E-state index in [1.807, 2.05) is 46.3 Å². The minimum atomic E-state index is -2.01. The predicted molar refractivity (Wildman–Crippen MR) is 270 cm³/mol. The van der Waals surface area contributed by atoms with Crippen molar-refractivity contribution < 1.29 is 72.0 Å². The van der Waals surface area contributed by atoms with Crippen LogP contribution in [0, 0.1) is 57.3 Å². The fourth-order valence-electron chi connectivity index (χ4n) is 9.30. The minimum Gasteiger partial charge on any atom is -0.740 e. The van der Waals surface area contributed by atoms with Gasteiger partial charge in [-0.3, -0.25) is 33.8 Å². The maximum absolute atomic E-state index is 15.2. The van der Waals surface area contributed by atoms with E-state index in [-0.39, 0.29) is 92.7 Å². The molecular formula is C52H59FN11O7STb-. The number of nitrogens with one attached hydrogen (secondary N) is 3. The normalized spacial score (nSPS) is 15.5. The number of amides is 3. The number of rotatable bonds is 20. The quantitative estimate of drug-likeness (QED) is 0.0311. The Labute approximate surface area is 458 Å². The van der Waals surface area contributed by atoms with Crippen molar-refractivity contribution in [3.05, 3.63) is 99.5 Å². The molecule has 0 bridgehead atoms. The second-order valence-electron chi connectivity index (χ2n) is 19.2. The Morgan fingerprint density at radius 3 is 2.40 bits per heavy atom. The van der Waals surface area contributed by atoms with Crippen molar-refractivity contribution in [1.29, 1.82) is 0 Å². The Bertz CT molecular complexity index is 3090. The zero-order chi connectivity index (χ0) is 51.4. The van der Waals surface area contributed by atoms with Crippen molar-refractivity contribution in [3.8, 4) is 33.8 Å². The molecule has 2 aromatic carbocycles. The van der Waals surface area contributed by atoms with Gasteiger partial charge < -0.3 is 47.9 Å². The number of cyclic esters (lactones) is 1. The van der Waals surface area contributed by atoms with Crippen molar-refractivity contribution in [1.82, 2.24) is 50.0 Å². The van der Waals surface area contributed by atoms with Gasteiger partial charge in [-0.1, -0.05) is 44.5 Å². The van der Waals surface area contributed by atoms with Gasteiger partial charge in [0, 0.05) is 103 Å². The Hall–Kier alpha value is -5.74. The first-order valence-electron chi connectivity index (χ1n) is 24.3. The molecular weight excluding hydrogens is 1100 g/mol. The summed E-state index contributed by atoms with van der Waals surface area (Å²) in [7, 11) is 3.94. The molecule has 3 atom stereocenters. The summed E-state index contributed by atoms with van der Waals surface area (Å²) in [5, 5.41) is 29.5. The number of anilines is 1. The molecule has 73 heavy (non-hydrogen) atoms. The van der Waals surface area contributed by atoms with Gasteiger partial charge in [-0.05, 0) is 113 Å². The van der Waals surface area contributed by atoms with Gasteiger partial charge in [0.2, 0.25) is 17.7 Å². The number of unbranched alkanes of at least 4 members (excludes halogenated alkanes) is 3. The molecule has 0 unspecified atom stereocenters. The number of hydrogen-bond donors (Lipinski definition) is 4. The van der Waals surface area contributed by atoms with E-state index in [0.717, 1.165) is 25.8 Å². The molecule has 18 nitrogen and oxygen atoms in total. The van der Waals surface area contributed by atoms with E-state index in [9.17, 15) is 29.1 Å². The standard InChI is InChI=1S/C52H60FN11O7S.Tb/c1-7-52(70)37-22-42-46-35(26-64(42)49(68)36(37)28-71-50(52)69)44(34-21-30(4)38(53)23-40(34)57-46)31-15-17-33(18-16-31)56-47(66)39(13-10-12-19-62(5)6)58-48(67)45(29(2)3)59-43(65)14-9-8-11-20-63-27-41(60-61-63)32-24-54-51(72)55-25-32;/h15-18,21-25,27,29,39,45,70H,7-14,19-20,26,28H2,1-6H3,(H,56,66)(H,58,67)(H,59,65)(H,54,55,72);/p-1/t39-,45-,52-;/m0./s1. The zero-order valence-electron chi connectivity index (χ0n) is 41.6. The van der Waals surface area contributed by atoms with Gasteiger partial charge in [-0.2, -0.15) is 0 Å². The van der Waals surface area contributed by atoms with E-state index in [1.54, 1.807) is 55.2 Å². The molecule has 1 radical (unpaired) electrons. The number of aryl methyl sites for hydroxylation is 2.